The molecular weight excluding hydrogens is 957 g/mol. The molecule has 6 aromatic rings. The molecule has 2 atom stereocenters. The van der Waals surface area contributed by atoms with Crippen LogP contribution in [0.5, 0.6) is 17.8 Å². The summed E-state index contributed by atoms with van der Waals surface area (Å²) in [4.78, 5) is 63.3. The summed E-state index contributed by atoms with van der Waals surface area (Å²) in [6, 6.07) is 26.0. The number of benzene rings is 4. The molecular formula is C59H70N12O5. The number of fused-ring (bicyclic) bond motifs is 4. The lowest BCUT2D eigenvalue weighted by Gasteiger charge is -2.38. The molecule has 7 heterocycles. The standard InChI is InChI=1S/C59H70N12O5/c1-6-54(73)66-23-27-68(28-24-66)56-48-18-21-70(38-50(48)60-58(62-56)75-40(3)35-64(4)5)52-32-41(31-42-13-8-10-16-46(42)52)36-65-20-12-15-45(37-65)76-59-61-51-39-71(53-34-44(72)33-43-14-9-11-17-47(43)53)22-19-49(51)57(63-59)69-29-25-67(26-30-69)55(74)7-2/h6-11,13-14,16-17,31-34,40,45,72H,1-2,12,15,18-30,35-39H2,3-5H3/t40-,45-/m1/s1. The van der Waals surface area contributed by atoms with Crippen LogP contribution in [0.3, 0.4) is 0 Å². The van der Waals surface area contributed by atoms with Crippen molar-refractivity contribution in [3.63, 3.8) is 0 Å². The van der Waals surface area contributed by atoms with Gasteiger partial charge in [0.25, 0.3) is 0 Å². The monoisotopic (exact) mass is 1030 g/mol. The topological polar surface area (TPSA) is 150 Å². The second-order valence-corrected chi connectivity index (χ2v) is 21.2. The Morgan fingerprint density at radius 3 is 1.80 bits per heavy atom. The van der Waals surface area contributed by atoms with Crippen LogP contribution < -0.4 is 29.1 Å². The van der Waals surface area contributed by atoms with E-state index in [1.807, 2.05) is 54.2 Å². The van der Waals surface area contributed by atoms with Crippen LogP contribution in [0.25, 0.3) is 21.5 Å². The van der Waals surface area contributed by atoms with Gasteiger partial charge >= 0.3 is 12.0 Å². The number of phenols is 1. The van der Waals surface area contributed by atoms with E-state index < -0.39 is 0 Å². The maximum Gasteiger partial charge on any atom is 0.318 e. The number of piperazine rings is 2. The zero-order valence-electron chi connectivity index (χ0n) is 44.2. The fraction of sp³-hybridized carbons (Fsp3) is 0.424. The largest absolute Gasteiger partial charge is 0.508 e. The zero-order valence-corrected chi connectivity index (χ0v) is 44.2. The normalized spacial score (nSPS) is 18.7. The predicted octanol–water partition coefficient (Wildman–Crippen LogP) is 6.45. The van der Waals surface area contributed by atoms with Gasteiger partial charge in [0.2, 0.25) is 11.8 Å². The number of hydrogen-bond acceptors (Lipinski definition) is 15. The lowest BCUT2D eigenvalue weighted by Crippen LogP contribution is -2.49. The van der Waals surface area contributed by atoms with Gasteiger partial charge in [0.1, 0.15) is 29.6 Å². The molecule has 0 spiro atoms. The van der Waals surface area contributed by atoms with E-state index in [0.29, 0.717) is 77.5 Å². The molecule has 3 saturated heterocycles. The number of hydrogen-bond donors (Lipinski definition) is 1. The van der Waals surface area contributed by atoms with Crippen LogP contribution in [-0.4, -0.2) is 168 Å². The van der Waals surface area contributed by atoms with Crippen LogP contribution in [0.2, 0.25) is 0 Å². The molecule has 0 aliphatic carbocycles. The van der Waals surface area contributed by atoms with E-state index in [0.717, 1.165) is 116 Å². The Labute approximate surface area is 445 Å². The minimum absolute atomic E-state index is 0.0424. The smallest absolute Gasteiger partial charge is 0.318 e. The molecule has 17 heteroatoms. The van der Waals surface area contributed by atoms with Gasteiger partial charge in [-0.05, 0) is 99.9 Å². The summed E-state index contributed by atoms with van der Waals surface area (Å²) in [7, 11) is 4.07. The first-order valence-corrected chi connectivity index (χ1v) is 27.0. The highest BCUT2D eigenvalue weighted by Crippen LogP contribution is 2.39. The van der Waals surface area contributed by atoms with Crippen molar-refractivity contribution < 1.29 is 24.2 Å². The van der Waals surface area contributed by atoms with Crippen LogP contribution in [-0.2, 0) is 42.1 Å². The maximum atomic E-state index is 12.6. The fourth-order valence-corrected chi connectivity index (χ4v) is 12.0. The van der Waals surface area contributed by atoms with Crippen molar-refractivity contribution in [1.29, 1.82) is 0 Å². The van der Waals surface area contributed by atoms with E-state index in [1.165, 1.54) is 34.2 Å². The van der Waals surface area contributed by atoms with Crippen molar-refractivity contribution in [2.45, 2.75) is 64.4 Å². The van der Waals surface area contributed by atoms with Crippen molar-refractivity contribution in [3.8, 4) is 17.8 Å². The molecule has 1 N–H and O–H groups in total. The lowest BCUT2D eigenvalue weighted by molar-refractivity contribution is -0.127. The average Bonchev–Trinajstić information content (AvgIpc) is 3.50. The third-order valence-electron chi connectivity index (χ3n) is 15.7. The number of rotatable bonds is 14. The molecule has 2 amide bonds. The van der Waals surface area contributed by atoms with E-state index >= 15 is 0 Å². The van der Waals surface area contributed by atoms with Gasteiger partial charge in [-0.15, -0.1) is 0 Å². The van der Waals surface area contributed by atoms with E-state index in [4.69, 9.17) is 29.4 Å². The van der Waals surface area contributed by atoms with Gasteiger partial charge < -0.3 is 48.9 Å². The second-order valence-electron chi connectivity index (χ2n) is 21.2. The molecule has 17 nitrogen and oxygen atoms in total. The first kappa shape index (κ1) is 50.6. The summed E-state index contributed by atoms with van der Waals surface area (Å²) in [6.45, 7) is 20.4. The molecule has 0 bridgehead atoms. The summed E-state index contributed by atoms with van der Waals surface area (Å²) >= 11 is 0. The van der Waals surface area contributed by atoms with Crippen LogP contribution in [0.15, 0.2) is 98.1 Å². The van der Waals surface area contributed by atoms with Crippen molar-refractivity contribution in [2.75, 3.05) is 119 Å². The van der Waals surface area contributed by atoms with Crippen molar-refractivity contribution in [3.05, 3.63) is 126 Å². The lowest BCUT2D eigenvalue weighted by atomic mass is 9.99. The molecule has 11 rings (SSSR count). The molecule has 76 heavy (non-hydrogen) atoms. The van der Waals surface area contributed by atoms with Gasteiger partial charge in [-0.1, -0.05) is 61.7 Å². The summed E-state index contributed by atoms with van der Waals surface area (Å²) in [6.07, 6.45) is 5.92. The quantitative estimate of drug-likeness (QED) is 0.119. The predicted molar refractivity (Wildman–Crippen MR) is 299 cm³/mol. The van der Waals surface area contributed by atoms with Crippen molar-refractivity contribution in [1.82, 2.24) is 39.5 Å². The molecule has 5 aliphatic heterocycles. The van der Waals surface area contributed by atoms with E-state index in [1.54, 1.807) is 0 Å². The van der Waals surface area contributed by atoms with Gasteiger partial charge in [0.05, 0.1) is 24.5 Å². The number of ether oxygens (including phenoxy) is 2. The Kier molecular flexibility index (Phi) is 14.7. The number of anilines is 4. The number of piperidine rings is 1. The Balaban J connectivity index is 0.838. The van der Waals surface area contributed by atoms with Crippen molar-refractivity contribution >= 4 is 56.4 Å². The number of aromatic hydroxyl groups is 1. The molecule has 5 aliphatic rings. The Morgan fingerprint density at radius 2 is 1.22 bits per heavy atom. The number of nitrogens with zero attached hydrogens (tertiary/aromatic N) is 12. The number of amides is 2. The fourth-order valence-electron chi connectivity index (χ4n) is 12.0. The summed E-state index contributed by atoms with van der Waals surface area (Å²) in [5.41, 5.74) is 7.54. The minimum Gasteiger partial charge on any atom is -0.508 e. The number of aromatic nitrogens is 4. The molecule has 4 aromatic carbocycles. The molecule has 0 unspecified atom stereocenters. The van der Waals surface area contributed by atoms with Gasteiger partial charge in [0.15, 0.2) is 0 Å². The molecule has 0 saturated carbocycles. The number of likely N-dealkylation sites (N-methyl/N-ethyl adjacent to an activating group) is 1. The van der Waals surface area contributed by atoms with E-state index in [-0.39, 0.29) is 29.8 Å². The highest BCUT2D eigenvalue weighted by Gasteiger charge is 2.33. The first-order valence-electron chi connectivity index (χ1n) is 27.0. The Bertz CT molecular complexity index is 3150. The third-order valence-corrected chi connectivity index (χ3v) is 15.7. The molecule has 396 valence electrons. The summed E-state index contributed by atoms with van der Waals surface area (Å²) in [5.74, 6) is 1.93. The average molecular weight is 1030 g/mol. The second kappa shape index (κ2) is 22.0. The van der Waals surface area contributed by atoms with Crippen LogP contribution in [0, 0.1) is 0 Å². The number of carbonyl (C=O) groups excluding carboxylic acids is 2. The molecule has 2 aromatic heterocycles. The number of likely N-dealkylation sites (tertiary alicyclic amines) is 1. The highest BCUT2D eigenvalue weighted by molar-refractivity contribution is 5.96. The summed E-state index contributed by atoms with van der Waals surface area (Å²) < 4.78 is 13.3. The van der Waals surface area contributed by atoms with Crippen LogP contribution in [0.1, 0.15) is 47.8 Å². The maximum absolute atomic E-state index is 12.6. The van der Waals surface area contributed by atoms with Gasteiger partial charge in [0, 0.05) is 124 Å². The van der Waals surface area contributed by atoms with Gasteiger partial charge in [-0.2, -0.15) is 19.9 Å². The van der Waals surface area contributed by atoms with Gasteiger partial charge in [-0.25, -0.2) is 0 Å². The molecule has 3 fully saturated rings. The van der Waals surface area contributed by atoms with Crippen LogP contribution in [0.4, 0.5) is 23.0 Å². The van der Waals surface area contributed by atoms with Crippen molar-refractivity contribution in [2.24, 2.45) is 0 Å². The van der Waals surface area contributed by atoms with Gasteiger partial charge in [-0.3, -0.25) is 14.5 Å². The Morgan fingerprint density at radius 1 is 0.684 bits per heavy atom. The minimum atomic E-state index is -0.119. The Hall–Kier alpha value is -7.50. The number of carbonyl (C=O) groups is 2. The highest BCUT2D eigenvalue weighted by atomic mass is 16.5. The number of phenolic OH excluding ortho intramolecular Hbond substituents is 1. The third kappa shape index (κ3) is 10.8. The molecule has 0 radical (unpaired) electrons. The van der Waals surface area contributed by atoms with E-state index in [9.17, 15) is 14.7 Å². The zero-order chi connectivity index (χ0) is 52.5. The van der Waals surface area contributed by atoms with E-state index in [2.05, 4.69) is 91.9 Å². The first-order chi connectivity index (χ1) is 37.0. The van der Waals surface area contributed by atoms with Crippen LogP contribution >= 0.6 is 0 Å². The SMILES string of the molecule is C=CC(=O)N1CCN(c2nc(O[C@@H]3CCCN(Cc4cc(N5CCc6c(nc(O[C@H](C)CN(C)C)nc6N6CCN(C(=O)C=C)CC6)C5)c5ccccc5c4)C3)nc3c2CCN(c2cc(O)cc4ccccc24)C3)CC1. The summed E-state index contributed by atoms with van der Waals surface area (Å²) in [5, 5.41) is 15.3.